The van der Waals surface area contributed by atoms with Crippen molar-refractivity contribution in [3.63, 3.8) is 0 Å². The predicted molar refractivity (Wildman–Crippen MR) is 76.9 cm³/mol. The molecule has 0 amide bonds. The van der Waals surface area contributed by atoms with Gasteiger partial charge in [0.25, 0.3) is 0 Å². The summed E-state index contributed by atoms with van der Waals surface area (Å²) in [5.41, 5.74) is 7.92. The second kappa shape index (κ2) is 6.44. The van der Waals surface area contributed by atoms with Gasteiger partial charge >= 0.3 is 0 Å². The van der Waals surface area contributed by atoms with Crippen LogP contribution in [0.15, 0.2) is 18.2 Å². The maximum absolute atomic E-state index is 9.27. The van der Waals surface area contributed by atoms with E-state index in [9.17, 15) is 5.11 Å². The lowest BCUT2D eigenvalue weighted by molar-refractivity contribution is 0.290. The zero-order chi connectivity index (χ0) is 13.7. The number of nitrogen functional groups attached to an aromatic ring is 1. The molecule has 0 unspecified atom stereocenters. The van der Waals surface area contributed by atoms with Crippen molar-refractivity contribution in [1.29, 1.82) is 5.26 Å². The van der Waals surface area contributed by atoms with Crippen molar-refractivity contribution in [2.45, 2.75) is 38.1 Å². The summed E-state index contributed by atoms with van der Waals surface area (Å²) in [7, 11) is 0. The largest absolute Gasteiger partial charge is 0.398 e. The van der Waals surface area contributed by atoms with Crippen molar-refractivity contribution < 1.29 is 5.11 Å². The highest BCUT2D eigenvalue weighted by atomic mass is 16.3. The summed E-state index contributed by atoms with van der Waals surface area (Å²) in [4.78, 5) is 2.23. The third-order valence-corrected chi connectivity index (χ3v) is 3.84. The van der Waals surface area contributed by atoms with E-state index in [1.807, 2.05) is 12.1 Å². The van der Waals surface area contributed by atoms with Crippen LogP contribution in [-0.2, 0) is 0 Å². The quantitative estimate of drug-likeness (QED) is 0.813. The van der Waals surface area contributed by atoms with Crippen LogP contribution in [0.3, 0.4) is 0 Å². The van der Waals surface area contributed by atoms with Crippen molar-refractivity contribution in [2.75, 3.05) is 23.8 Å². The Morgan fingerprint density at radius 1 is 1.32 bits per heavy atom. The minimum absolute atomic E-state index is 0.135. The molecule has 2 rings (SSSR count). The zero-order valence-corrected chi connectivity index (χ0v) is 11.2. The van der Waals surface area contributed by atoms with Gasteiger partial charge in [0.2, 0.25) is 0 Å². The molecule has 0 aliphatic heterocycles. The lowest BCUT2D eigenvalue weighted by Crippen LogP contribution is -2.38. The van der Waals surface area contributed by atoms with E-state index < -0.39 is 0 Å². The van der Waals surface area contributed by atoms with Crippen LogP contribution < -0.4 is 10.6 Å². The Morgan fingerprint density at radius 3 is 2.63 bits per heavy atom. The van der Waals surface area contributed by atoms with Gasteiger partial charge in [0, 0.05) is 18.3 Å². The molecule has 0 radical (unpaired) electrons. The molecule has 1 saturated carbocycles. The molecule has 0 saturated heterocycles. The van der Waals surface area contributed by atoms with Crippen molar-refractivity contribution >= 4 is 11.4 Å². The van der Waals surface area contributed by atoms with E-state index in [4.69, 9.17) is 11.0 Å². The molecule has 1 fully saturated rings. The lowest BCUT2D eigenvalue weighted by atomic mass is 9.93. The second-order valence-corrected chi connectivity index (χ2v) is 5.09. The first-order valence-electron chi connectivity index (χ1n) is 6.93. The van der Waals surface area contributed by atoms with Gasteiger partial charge in [0.15, 0.2) is 0 Å². The van der Waals surface area contributed by atoms with E-state index >= 15 is 0 Å². The number of aliphatic hydroxyl groups excluding tert-OH is 1. The number of nitriles is 1. The van der Waals surface area contributed by atoms with Crippen molar-refractivity contribution in [2.24, 2.45) is 0 Å². The van der Waals surface area contributed by atoms with Gasteiger partial charge in [0.05, 0.1) is 17.9 Å². The summed E-state index contributed by atoms with van der Waals surface area (Å²) in [5, 5.41) is 18.2. The van der Waals surface area contributed by atoms with Crippen LogP contribution in [0.1, 0.15) is 37.7 Å². The van der Waals surface area contributed by atoms with E-state index in [1.54, 1.807) is 6.07 Å². The molecular weight excluding hydrogens is 238 g/mol. The van der Waals surface area contributed by atoms with Crippen LogP contribution in [0.4, 0.5) is 11.4 Å². The Kier molecular flexibility index (Phi) is 4.64. The number of aliphatic hydroxyl groups is 1. The number of hydrogen-bond donors (Lipinski definition) is 2. The molecule has 102 valence electrons. The first kappa shape index (κ1) is 13.7. The monoisotopic (exact) mass is 259 g/mol. The predicted octanol–water partition coefficient (Wildman–Crippen LogP) is 2.27. The molecule has 1 aliphatic carbocycles. The van der Waals surface area contributed by atoms with Gasteiger partial charge in [-0.3, -0.25) is 0 Å². The molecule has 0 atom stereocenters. The molecule has 19 heavy (non-hydrogen) atoms. The van der Waals surface area contributed by atoms with E-state index in [-0.39, 0.29) is 6.61 Å². The fourth-order valence-corrected chi connectivity index (χ4v) is 2.85. The molecule has 3 N–H and O–H groups in total. The van der Waals surface area contributed by atoms with Gasteiger partial charge in [-0.05, 0) is 31.0 Å². The fraction of sp³-hybridized carbons (Fsp3) is 0.533. The third kappa shape index (κ3) is 3.18. The average molecular weight is 259 g/mol. The van der Waals surface area contributed by atoms with Gasteiger partial charge in [-0.1, -0.05) is 19.3 Å². The van der Waals surface area contributed by atoms with E-state index in [1.165, 1.54) is 32.1 Å². The maximum Gasteiger partial charge on any atom is 0.101 e. The van der Waals surface area contributed by atoms with E-state index in [2.05, 4.69) is 11.0 Å². The SMILES string of the molecule is N#Cc1ccc(N(CCO)C2CCCCC2)cc1N. The van der Waals surface area contributed by atoms with Gasteiger partial charge in [-0.15, -0.1) is 0 Å². The summed E-state index contributed by atoms with van der Waals surface area (Å²) < 4.78 is 0. The molecule has 1 aromatic rings. The zero-order valence-electron chi connectivity index (χ0n) is 11.2. The van der Waals surface area contributed by atoms with E-state index in [0.717, 1.165) is 5.69 Å². The van der Waals surface area contributed by atoms with Crippen LogP contribution in [0, 0.1) is 11.3 Å². The average Bonchev–Trinajstić information content (AvgIpc) is 2.45. The van der Waals surface area contributed by atoms with Crippen LogP contribution in [-0.4, -0.2) is 24.3 Å². The van der Waals surface area contributed by atoms with Crippen molar-refractivity contribution in [1.82, 2.24) is 0 Å². The fourth-order valence-electron chi connectivity index (χ4n) is 2.85. The Morgan fingerprint density at radius 2 is 2.05 bits per heavy atom. The van der Waals surface area contributed by atoms with Gasteiger partial charge < -0.3 is 15.7 Å². The summed E-state index contributed by atoms with van der Waals surface area (Å²) in [6.07, 6.45) is 6.13. The first-order valence-corrected chi connectivity index (χ1v) is 6.93. The highest BCUT2D eigenvalue weighted by molar-refractivity contribution is 5.64. The maximum atomic E-state index is 9.27. The molecule has 0 spiro atoms. The topological polar surface area (TPSA) is 73.3 Å². The molecule has 1 aromatic carbocycles. The van der Waals surface area contributed by atoms with Crippen LogP contribution in [0.2, 0.25) is 0 Å². The van der Waals surface area contributed by atoms with Gasteiger partial charge in [0.1, 0.15) is 6.07 Å². The first-order chi connectivity index (χ1) is 9.26. The number of nitrogens with two attached hydrogens (primary N) is 1. The molecular formula is C15H21N3O. The number of hydrogen-bond acceptors (Lipinski definition) is 4. The number of anilines is 2. The Balaban J connectivity index is 2.22. The van der Waals surface area contributed by atoms with Gasteiger partial charge in [-0.2, -0.15) is 5.26 Å². The van der Waals surface area contributed by atoms with E-state index in [0.29, 0.717) is 23.8 Å². The normalized spacial score (nSPS) is 16.0. The molecule has 4 nitrogen and oxygen atoms in total. The van der Waals surface area contributed by atoms with Crippen molar-refractivity contribution in [3.05, 3.63) is 23.8 Å². The Hall–Kier alpha value is -1.73. The minimum Gasteiger partial charge on any atom is -0.398 e. The Labute approximate surface area is 114 Å². The number of rotatable bonds is 4. The van der Waals surface area contributed by atoms with Crippen LogP contribution in [0.25, 0.3) is 0 Å². The molecule has 0 heterocycles. The highest BCUT2D eigenvalue weighted by Gasteiger charge is 2.21. The molecule has 1 aliphatic rings. The highest BCUT2D eigenvalue weighted by Crippen LogP contribution is 2.29. The third-order valence-electron chi connectivity index (χ3n) is 3.84. The second-order valence-electron chi connectivity index (χ2n) is 5.09. The van der Waals surface area contributed by atoms with Crippen molar-refractivity contribution in [3.8, 4) is 6.07 Å². The van der Waals surface area contributed by atoms with Gasteiger partial charge in [-0.25, -0.2) is 0 Å². The lowest BCUT2D eigenvalue weighted by Gasteiger charge is -2.36. The molecule has 0 bridgehead atoms. The molecule has 4 heteroatoms. The summed E-state index contributed by atoms with van der Waals surface area (Å²) >= 11 is 0. The smallest absolute Gasteiger partial charge is 0.101 e. The Bertz CT molecular complexity index is 461. The van der Waals surface area contributed by atoms with Crippen LogP contribution in [0.5, 0.6) is 0 Å². The van der Waals surface area contributed by atoms with Crippen LogP contribution >= 0.6 is 0 Å². The standard InChI is InChI=1S/C15H21N3O/c16-11-12-6-7-14(10-15(12)17)18(8-9-19)13-4-2-1-3-5-13/h6-7,10,13,19H,1-5,8-9,17H2. The summed E-state index contributed by atoms with van der Waals surface area (Å²) in [6, 6.07) is 8.10. The summed E-state index contributed by atoms with van der Waals surface area (Å²) in [5.74, 6) is 0. The number of nitrogens with zero attached hydrogens (tertiary/aromatic N) is 2. The molecule has 0 aromatic heterocycles. The summed E-state index contributed by atoms with van der Waals surface area (Å²) in [6.45, 7) is 0.756. The minimum atomic E-state index is 0.135. The number of benzene rings is 1.